The van der Waals surface area contributed by atoms with Gasteiger partial charge in [0, 0.05) is 5.39 Å². The molecule has 0 spiro atoms. The van der Waals surface area contributed by atoms with Crippen LogP contribution in [0.4, 0.5) is 11.6 Å². The smallest absolute Gasteiger partial charge is 0.321 e. The molecular weight excluding hydrogens is 332 g/mol. The summed E-state index contributed by atoms with van der Waals surface area (Å²) >= 11 is 0. The zero-order chi connectivity index (χ0) is 17.3. The van der Waals surface area contributed by atoms with Crippen molar-refractivity contribution < 1.29 is 17.7 Å². The second-order valence-corrected chi connectivity index (χ2v) is 6.41. The number of hydrogen-bond donors (Lipinski definition) is 2. The number of rotatable bonds is 4. The van der Waals surface area contributed by atoms with Crippen molar-refractivity contribution in [2.75, 3.05) is 12.4 Å². The van der Waals surface area contributed by atoms with Gasteiger partial charge in [0.05, 0.1) is 17.7 Å². The molecule has 1 aromatic heterocycles. The third-order valence-corrected chi connectivity index (χ3v) is 4.12. The molecular formula is C15H14N4O4S. The number of ether oxygens (including phenoxy) is 1. The highest BCUT2D eigenvalue weighted by Gasteiger charge is 2.14. The SMILES string of the molecule is COc1nc(C)nc(Nc2cc(S(=O)(=O)O)cc3ccccc23)n1. The molecule has 8 nitrogen and oxygen atoms in total. The molecule has 2 aromatic carbocycles. The van der Waals surface area contributed by atoms with E-state index in [1.165, 1.54) is 19.2 Å². The van der Waals surface area contributed by atoms with E-state index in [1.807, 2.05) is 12.1 Å². The van der Waals surface area contributed by atoms with Crippen LogP contribution >= 0.6 is 0 Å². The Kier molecular flexibility index (Phi) is 4.04. The van der Waals surface area contributed by atoms with Gasteiger partial charge < -0.3 is 10.1 Å². The van der Waals surface area contributed by atoms with E-state index < -0.39 is 10.1 Å². The first-order valence-electron chi connectivity index (χ1n) is 6.91. The monoisotopic (exact) mass is 346 g/mol. The maximum Gasteiger partial charge on any atom is 0.321 e. The Morgan fingerprint density at radius 2 is 1.88 bits per heavy atom. The first-order valence-corrected chi connectivity index (χ1v) is 8.35. The zero-order valence-corrected chi connectivity index (χ0v) is 13.7. The summed E-state index contributed by atoms with van der Waals surface area (Å²) < 4.78 is 37.4. The molecule has 0 saturated carbocycles. The van der Waals surface area contributed by atoms with Crippen LogP contribution in [0.5, 0.6) is 6.01 Å². The molecule has 0 amide bonds. The van der Waals surface area contributed by atoms with Gasteiger partial charge in [-0.05, 0) is 24.4 Å². The third-order valence-electron chi connectivity index (χ3n) is 3.29. The molecule has 0 aliphatic rings. The number of fused-ring (bicyclic) bond motifs is 1. The minimum Gasteiger partial charge on any atom is -0.467 e. The molecule has 0 aliphatic carbocycles. The molecule has 1 heterocycles. The summed E-state index contributed by atoms with van der Waals surface area (Å²) in [5, 5.41) is 4.36. The standard InChI is InChI=1S/C15H14N4O4S/c1-9-16-14(19-15(17-9)23-2)18-13-8-11(24(20,21)22)7-10-5-3-4-6-12(10)13/h3-8H,1-2H3,(H,20,21,22)(H,16,17,18,19). The van der Waals surface area contributed by atoms with Crippen LogP contribution in [0.3, 0.4) is 0 Å². The van der Waals surface area contributed by atoms with Gasteiger partial charge in [-0.3, -0.25) is 4.55 Å². The van der Waals surface area contributed by atoms with Gasteiger partial charge >= 0.3 is 6.01 Å². The fourth-order valence-corrected chi connectivity index (χ4v) is 2.80. The third kappa shape index (κ3) is 3.26. The number of hydrogen-bond acceptors (Lipinski definition) is 7. The number of anilines is 2. The Morgan fingerprint density at radius 1 is 1.12 bits per heavy atom. The van der Waals surface area contributed by atoms with E-state index in [-0.39, 0.29) is 16.9 Å². The van der Waals surface area contributed by atoms with Gasteiger partial charge in [-0.1, -0.05) is 24.3 Å². The highest BCUT2D eigenvalue weighted by Crippen LogP contribution is 2.29. The minimum atomic E-state index is -4.35. The lowest BCUT2D eigenvalue weighted by Crippen LogP contribution is -2.05. The summed E-state index contributed by atoms with van der Waals surface area (Å²) in [6.07, 6.45) is 0. The summed E-state index contributed by atoms with van der Waals surface area (Å²) in [6.45, 7) is 1.68. The van der Waals surface area contributed by atoms with Gasteiger partial charge in [0.15, 0.2) is 0 Å². The molecule has 3 aromatic rings. The fourth-order valence-electron chi connectivity index (χ4n) is 2.26. The largest absolute Gasteiger partial charge is 0.467 e. The molecule has 0 atom stereocenters. The van der Waals surface area contributed by atoms with Gasteiger partial charge in [0.2, 0.25) is 5.95 Å². The van der Waals surface area contributed by atoms with Crippen molar-refractivity contribution in [2.45, 2.75) is 11.8 Å². The number of nitrogens with zero attached hydrogens (tertiary/aromatic N) is 3. The van der Waals surface area contributed by atoms with Crippen molar-refractivity contribution in [3.8, 4) is 6.01 Å². The number of benzene rings is 2. The maximum absolute atomic E-state index is 11.5. The van der Waals surface area contributed by atoms with E-state index in [0.717, 1.165) is 5.39 Å². The lowest BCUT2D eigenvalue weighted by molar-refractivity contribution is 0.377. The van der Waals surface area contributed by atoms with Crippen LogP contribution in [-0.4, -0.2) is 35.0 Å². The second kappa shape index (κ2) is 6.02. The van der Waals surface area contributed by atoms with Crippen molar-refractivity contribution in [3.63, 3.8) is 0 Å². The van der Waals surface area contributed by atoms with Crippen molar-refractivity contribution in [2.24, 2.45) is 0 Å². The van der Waals surface area contributed by atoms with E-state index in [1.54, 1.807) is 19.1 Å². The summed E-state index contributed by atoms with van der Waals surface area (Å²) in [6, 6.07) is 10.0. The molecule has 0 unspecified atom stereocenters. The highest BCUT2D eigenvalue weighted by molar-refractivity contribution is 7.85. The van der Waals surface area contributed by atoms with Crippen molar-refractivity contribution in [1.82, 2.24) is 15.0 Å². The van der Waals surface area contributed by atoms with Gasteiger partial charge in [-0.2, -0.15) is 23.4 Å². The van der Waals surface area contributed by atoms with Crippen molar-refractivity contribution in [3.05, 3.63) is 42.2 Å². The van der Waals surface area contributed by atoms with Gasteiger partial charge in [0.1, 0.15) is 5.82 Å². The lowest BCUT2D eigenvalue weighted by Gasteiger charge is -2.11. The zero-order valence-electron chi connectivity index (χ0n) is 12.9. The molecule has 9 heteroatoms. The van der Waals surface area contributed by atoms with E-state index in [9.17, 15) is 13.0 Å². The molecule has 0 fully saturated rings. The molecule has 2 N–H and O–H groups in total. The number of nitrogens with one attached hydrogen (secondary N) is 1. The predicted octanol–water partition coefficient (Wildman–Crippen LogP) is 2.33. The molecule has 124 valence electrons. The average molecular weight is 346 g/mol. The van der Waals surface area contributed by atoms with E-state index in [0.29, 0.717) is 16.9 Å². The summed E-state index contributed by atoms with van der Waals surface area (Å²) in [5.74, 6) is 0.650. The van der Waals surface area contributed by atoms with Gasteiger partial charge in [0.25, 0.3) is 10.1 Å². The molecule has 3 rings (SSSR count). The predicted molar refractivity (Wildman–Crippen MR) is 88.2 cm³/mol. The Labute approximate surface area is 138 Å². The molecule has 0 saturated heterocycles. The topological polar surface area (TPSA) is 114 Å². The first-order chi connectivity index (χ1) is 11.4. The van der Waals surface area contributed by atoms with E-state index >= 15 is 0 Å². The summed E-state index contributed by atoms with van der Waals surface area (Å²) in [4.78, 5) is 12.0. The number of aromatic nitrogens is 3. The Bertz CT molecular complexity index is 1020. The van der Waals surface area contributed by atoms with Crippen LogP contribution in [0.15, 0.2) is 41.3 Å². The Hall–Kier alpha value is -2.78. The van der Waals surface area contributed by atoms with Gasteiger partial charge in [-0.15, -0.1) is 0 Å². The number of methoxy groups -OCH3 is 1. The van der Waals surface area contributed by atoms with E-state index in [2.05, 4.69) is 20.3 Å². The minimum absolute atomic E-state index is 0.139. The van der Waals surface area contributed by atoms with Crippen LogP contribution in [0.2, 0.25) is 0 Å². The van der Waals surface area contributed by atoms with E-state index in [4.69, 9.17) is 4.74 Å². The maximum atomic E-state index is 11.5. The quantitative estimate of drug-likeness (QED) is 0.692. The van der Waals surface area contributed by atoms with Crippen molar-refractivity contribution in [1.29, 1.82) is 0 Å². The average Bonchev–Trinajstić information content (AvgIpc) is 2.53. The summed E-state index contributed by atoms with van der Waals surface area (Å²) in [5.41, 5.74) is 0.438. The normalized spacial score (nSPS) is 11.5. The van der Waals surface area contributed by atoms with Crippen LogP contribution in [-0.2, 0) is 10.1 Å². The first kappa shape index (κ1) is 16.1. The lowest BCUT2D eigenvalue weighted by atomic mass is 10.1. The van der Waals surface area contributed by atoms with Gasteiger partial charge in [-0.25, -0.2) is 0 Å². The molecule has 0 radical (unpaired) electrons. The van der Waals surface area contributed by atoms with Crippen LogP contribution in [0.1, 0.15) is 5.82 Å². The second-order valence-electron chi connectivity index (χ2n) is 4.98. The van der Waals surface area contributed by atoms with Crippen LogP contribution in [0.25, 0.3) is 10.8 Å². The van der Waals surface area contributed by atoms with Crippen LogP contribution in [0, 0.1) is 6.92 Å². The number of aryl methyl sites for hydroxylation is 1. The highest BCUT2D eigenvalue weighted by atomic mass is 32.2. The fraction of sp³-hybridized carbons (Fsp3) is 0.133. The van der Waals surface area contributed by atoms with Crippen molar-refractivity contribution >= 4 is 32.5 Å². The molecule has 0 bridgehead atoms. The Morgan fingerprint density at radius 3 is 2.58 bits per heavy atom. The Balaban J connectivity index is 2.16. The summed E-state index contributed by atoms with van der Waals surface area (Å²) in [7, 11) is -2.91. The molecule has 24 heavy (non-hydrogen) atoms. The van der Waals surface area contributed by atoms with Crippen LogP contribution < -0.4 is 10.1 Å². The molecule has 0 aliphatic heterocycles.